The van der Waals surface area contributed by atoms with Crippen LogP contribution in [0.5, 0.6) is 0 Å². The van der Waals surface area contributed by atoms with Crippen molar-refractivity contribution in [3.63, 3.8) is 0 Å². The number of nitrogens with one attached hydrogen (secondary N) is 1. The lowest BCUT2D eigenvalue weighted by molar-refractivity contribution is 0.602. The zero-order valence-corrected chi connectivity index (χ0v) is 7.25. The molecule has 0 amide bonds. The molecule has 2 heterocycles. The van der Waals surface area contributed by atoms with Gasteiger partial charge in [-0.05, 0) is 12.1 Å². The molecule has 7 heteroatoms. The molecule has 1 aromatic heterocycles. The molecule has 0 aliphatic carbocycles. The topological polar surface area (TPSA) is 97.4 Å². The largest absolute Gasteiger partial charge is 0.381 e. The van der Waals surface area contributed by atoms with Crippen LogP contribution in [-0.4, -0.2) is 19.2 Å². The van der Waals surface area contributed by atoms with Crippen molar-refractivity contribution in [1.29, 1.82) is 0 Å². The van der Waals surface area contributed by atoms with Crippen LogP contribution in [0.2, 0.25) is 0 Å². The predicted octanol–water partition coefficient (Wildman–Crippen LogP) is -0.543. The normalized spacial score (nSPS) is 18.3. The molecule has 0 fully saturated rings. The molecule has 3 N–H and O–H groups in total. The van der Waals surface area contributed by atoms with Gasteiger partial charge in [0.2, 0.25) is 0 Å². The van der Waals surface area contributed by atoms with Crippen molar-refractivity contribution in [3.8, 4) is 0 Å². The van der Waals surface area contributed by atoms with Gasteiger partial charge in [-0.2, -0.15) is 8.42 Å². The van der Waals surface area contributed by atoms with Crippen LogP contribution in [-0.2, 0) is 10.2 Å². The van der Waals surface area contributed by atoms with Gasteiger partial charge in [-0.25, -0.2) is 0 Å². The van der Waals surface area contributed by atoms with Gasteiger partial charge in [-0.1, -0.05) is 0 Å². The smallest absolute Gasteiger partial charge is 0.344 e. The number of nitrogens with two attached hydrogens (primary N) is 1. The lowest BCUT2D eigenvalue weighted by atomic mass is 10.3. The number of rotatable bonds is 0. The maximum Gasteiger partial charge on any atom is 0.344 e. The summed E-state index contributed by atoms with van der Waals surface area (Å²) in [4.78, 5) is 3.88. The summed E-state index contributed by atoms with van der Waals surface area (Å²) in [6.07, 6.45) is 1.51. The quantitative estimate of drug-likeness (QED) is 0.584. The minimum absolute atomic E-state index is 0.0886. The van der Waals surface area contributed by atoms with Gasteiger partial charge in [-0.3, -0.25) is 9.71 Å². The third-order valence-corrected chi connectivity index (χ3v) is 2.42. The van der Waals surface area contributed by atoms with E-state index in [0.717, 1.165) is 0 Å². The van der Waals surface area contributed by atoms with Crippen LogP contribution in [0.15, 0.2) is 22.7 Å². The fourth-order valence-electron chi connectivity index (χ4n) is 1.03. The molecule has 0 unspecified atom stereocenters. The van der Waals surface area contributed by atoms with Crippen molar-refractivity contribution in [2.24, 2.45) is 10.1 Å². The minimum atomic E-state index is -3.67. The maximum atomic E-state index is 11.0. The Kier molecular flexibility index (Phi) is 1.49. The number of anilines is 1. The molecule has 0 bridgehead atoms. The number of hydrogen-bond acceptors (Lipinski definition) is 4. The Hall–Kier alpha value is -1.63. The highest BCUT2D eigenvalue weighted by Crippen LogP contribution is 2.18. The standard InChI is InChI=1S/C6H6N4O2S/c7-6-5-4(2-1-3-8-5)9-13(11,12)10-6/h1-3,9H,(H2,7,10). The van der Waals surface area contributed by atoms with E-state index in [9.17, 15) is 8.42 Å². The summed E-state index contributed by atoms with van der Waals surface area (Å²) in [6.45, 7) is 0. The van der Waals surface area contributed by atoms with E-state index in [0.29, 0.717) is 11.4 Å². The van der Waals surface area contributed by atoms with Crippen LogP contribution < -0.4 is 10.5 Å². The van der Waals surface area contributed by atoms with Gasteiger partial charge in [0.05, 0.1) is 5.69 Å². The molecule has 1 aromatic rings. The van der Waals surface area contributed by atoms with Gasteiger partial charge in [0, 0.05) is 6.20 Å². The van der Waals surface area contributed by atoms with Gasteiger partial charge < -0.3 is 5.73 Å². The average molecular weight is 198 g/mol. The lowest BCUT2D eigenvalue weighted by Crippen LogP contribution is -2.27. The Balaban J connectivity index is 2.68. The molecule has 68 valence electrons. The monoisotopic (exact) mass is 198 g/mol. The molecule has 13 heavy (non-hydrogen) atoms. The zero-order chi connectivity index (χ0) is 9.47. The molecule has 1 aliphatic heterocycles. The van der Waals surface area contributed by atoms with Crippen molar-refractivity contribution in [3.05, 3.63) is 24.0 Å². The maximum absolute atomic E-state index is 11.0. The molecule has 0 atom stereocenters. The van der Waals surface area contributed by atoms with Crippen LogP contribution in [0.25, 0.3) is 0 Å². The summed E-state index contributed by atoms with van der Waals surface area (Å²) in [5, 5.41) is 0. The van der Waals surface area contributed by atoms with Gasteiger partial charge in [-0.15, -0.1) is 4.40 Å². The summed E-state index contributed by atoms with van der Waals surface area (Å²) in [5.74, 6) is -0.0886. The number of hydrogen-bond donors (Lipinski definition) is 2. The van der Waals surface area contributed by atoms with Gasteiger partial charge in [0.15, 0.2) is 5.84 Å². The molecule has 0 saturated heterocycles. The first kappa shape index (κ1) is 7.99. The van der Waals surface area contributed by atoms with Crippen molar-refractivity contribution >= 4 is 21.7 Å². The van der Waals surface area contributed by atoms with Crippen LogP contribution >= 0.6 is 0 Å². The molecule has 1 aliphatic rings. The van der Waals surface area contributed by atoms with Crippen LogP contribution in [0.1, 0.15) is 5.69 Å². The Morgan fingerprint density at radius 1 is 1.46 bits per heavy atom. The van der Waals surface area contributed by atoms with Crippen molar-refractivity contribution in [1.82, 2.24) is 4.98 Å². The Bertz CT molecular complexity index is 479. The van der Waals surface area contributed by atoms with E-state index in [4.69, 9.17) is 5.73 Å². The molecular formula is C6H6N4O2S. The molecule has 6 nitrogen and oxygen atoms in total. The molecular weight excluding hydrogens is 192 g/mol. The predicted molar refractivity (Wildman–Crippen MR) is 47.5 cm³/mol. The van der Waals surface area contributed by atoms with E-state index in [-0.39, 0.29) is 5.84 Å². The second-order valence-corrected chi connectivity index (χ2v) is 3.79. The fourth-order valence-corrected chi connectivity index (χ4v) is 1.86. The number of pyridine rings is 1. The van der Waals surface area contributed by atoms with Crippen molar-refractivity contribution in [2.45, 2.75) is 0 Å². The first-order valence-corrected chi connectivity index (χ1v) is 4.86. The van der Waals surface area contributed by atoms with E-state index in [1.165, 1.54) is 6.20 Å². The van der Waals surface area contributed by atoms with E-state index < -0.39 is 10.2 Å². The highest BCUT2D eigenvalue weighted by atomic mass is 32.2. The summed E-state index contributed by atoms with van der Waals surface area (Å²) in [5.41, 5.74) is 6.11. The molecule has 2 rings (SSSR count). The van der Waals surface area contributed by atoms with Gasteiger partial charge >= 0.3 is 10.2 Å². The number of nitrogens with zero attached hydrogens (tertiary/aromatic N) is 2. The van der Waals surface area contributed by atoms with Crippen LogP contribution in [0, 0.1) is 0 Å². The minimum Gasteiger partial charge on any atom is -0.381 e. The lowest BCUT2D eigenvalue weighted by Gasteiger charge is -2.13. The first-order valence-electron chi connectivity index (χ1n) is 3.42. The van der Waals surface area contributed by atoms with E-state index in [2.05, 4.69) is 14.1 Å². The average Bonchev–Trinajstić information content (AvgIpc) is 2.02. The van der Waals surface area contributed by atoms with Crippen molar-refractivity contribution in [2.75, 3.05) is 4.72 Å². The Morgan fingerprint density at radius 3 is 3.00 bits per heavy atom. The summed E-state index contributed by atoms with van der Waals surface area (Å²) in [7, 11) is -3.67. The third-order valence-electron chi connectivity index (χ3n) is 1.51. The summed E-state index contributed by atoms with van der Waals surface area (Å²) in [6, 6.07) is 3.18. The fraction of sp³-hybridized carbons (Fsp3) is 0. The Morgan fingerprint density at radius 2 is 2.23 bits per heavy atom. The number of fused-ring (bicyclic) bond motifs is 1. The Labute approximate surface area is 74.7 Å². The molecule has 0 saturated carbocycles. The SMILES string of the molecule is NC1=NS(=O)(=O)Nc2cccnc21. The van der Waals surface area contributed by atoms with Crippen LogP contribution in [0.3, 0.4) is 0 Å². The highest BCUT2D eigenvalue weighted by Gasteiger charge is 2.20. The molecule has 0 aromatic carbocycles. The van der Waals surface area contributed by atoms with Crippen molar-refractivity contribution < 1.29 is 8.42 Å². The second-order valence-electron chi connectivity index (χ2n) is 2.45. The van der Waals surface area contributed by atoms with E-state index >= 15 is 0 Å². The summed E-state index contributed by atoms with van der Waals surface area (Å²) >= 11 is 0. The van der Waals surface area contributed by atoms with E-state index in [1.807, 2.05) is 0 Å². The number of aromatic nitrogens is 1. The highest BCUT2D eigenvalue weighted by molar-refractivity contribution is 7.91. The van der Waals surface area contributed by atoms with E-state index in [1.54, 1.807) is 12.1 Å². The number of amidine groups is 1. The second kappa shape index (κ2) is 2.43. The molecule has 0 spiro atoms. The van der Waals surface area contributed by atoms with Gasteiger partial charge in [0.1, 0.15) is 5.69 Å². The summed E-state index contributed by atoms with van der Waals surface area (Å²) < 4.78 is 27.5. The zero-order valence-electron chi connectivity index (χ0n) is 6.43. The third kappa shape index (κ3) is 1.33. The first-order chi connectivity index (χ1) is 6.08. The van der Waals surface area contributed by atoms with Gasteiger partial charge in [0.25, 0.3) is 0 Å². The van der Waals surface area contributed by atoms with Crippen LogP contribution in [0.4, 0.5) is 5.69 Å². The molecule has 0 radical (unpaired) electrons.